The standard InChI is InChI=1S/C15H13N3O3/c19-15-12-7-6-11(18(20)21)8-13(12)16-9-14(17-15)10-4-2-1-3-5-10/h1-8,14,16H,9H2,(H,17,19). The molecule has 106 valence electrons. The number of nitrogens with one attached hydrogen (secondary N) is 2. The van der Waals surface area contributed by atoms with E-state index in [1.165, 1.54) is 18.2 Å². The molecular formula is C15H13N3O3. The van der Waals surface area contributed by atoms with Gasteiger partial charge in [-0.15, -0.1) is 0 Å². The number of carbonyl (C=O) groups is 1. The summed E-state index contributed by atoms with van der Waals surface area (Å²) in [5.74, 6) is -0.237. The number of anilines is 1. The van der Waals surface area contributed by atoms with Crippen molar-refractivity contribution < 1.29 is 9.72 Å². The molecule has 2 aromatic rings. The fourth-order valence-corrected chi connectivity index (χ4v) is 2.38. The van der Waals surface area contributed by atoms with Gasteiger partial charge in [0.2, 0.25) is 0 Å². The number of fused-ring (bicyclic) bond motifs is 1. The van der Waals surface area contributed by atoms with Gasteiger partial charge < -0.3 is 10.6 Å². The summed E-state index contributed by atoms with van der Waals surface area (Å²) in [6, 6.07) is 13.6. The van der Waals surface area contributed by atoms with E-state index in [0.29, 0.717) is 17.8 Å². The van der Waals surface area contributed by atoms with E-state index in [2.05, 4.69) is 10.6 Å². The van der Waals surface area contributed by atoms with Gasteiger partial charge >= 0.3 is 0 Å². The van der Waals surface area contributed by atoms with Crippen LogP contribution in [0.25, 0.3) is 0 Å². The Morgan fingerprint density at radius 1 is 1.14 bits per heavy atom. The van der Waals surface area contributed by atoms with Crippen LogP contribution in [0, 0.1) is 10.1 Å². The summed E-state index contributed by atoms with van der Waals surface area (Å²) in [4.78, 5) is 22.6. The number of nitro benzene ring substituents is 1. The van der Waals surface area contributed by atoms with Gasteiger partial charge in [0.25, 0.3) is 11.6 Å². The zero-order chi connectivity index (χ0) is 14.8. The zero-order valence-corrected chi connectivity index (χ0v) is 11.1. The summed E-state index contributed by atoms with van der Waals surface area (Å²) in [5.41, 5.74) is 1.85. The lowest BCUT2D eigenvalue weighted by molar-refractivity contribution is -0.384. The highest BCUT2D eigenvalue weighted by Crippen LogP contribution is 2.26. The molecule has 1 heterocycles. The summed E-state index contributed by atoms with van der Waals surface area (Å²) in [7, 11) is 0. The Morgan fingerprint density at radius 3 is 2.62 bits per heavy atom. The van der Waals surface area contributed by atoms with Gasteiger partial charge in [0.15, 0.2) is 0 Å². The molecule has 3 rings (SSSR count). The van der Waals surface area contributed by atoms with Crippen LogP contribution in [0.3, 0.4) is 0 Å². The quantitative estimate of drug-likeness (QED) is 0.655. The van der Waals surface area contributed by atoms with Crippen LogP contribution in [-0.2, 0) is 0 Å². The normalized spacial score (nSPS) is 17.1. The van der Waals surface area contributed by atoms with Crippen LogP contribution in [0.15, 0.2) is 48.5 Å². The van der Waals surface area contributed by atoms with Crippen molar-refractivity contribution in [1.29, 1.82) is 0 Å². The lowest BCUT2D eigenvalue weighted by atomic mass is 10.1. The van der Waals surface area contributed by atoms with Gasteiger partial charge in [0.1, 0.15) is 0 Å². The summed E-state index contributed by atoms with van der Waals surface area (Å²) in [6.45, 7) is 0.476. The molecule has 0 spiro atoms. The monoisotopic (exact) mass is 283 g/mol. The molecule has 2 aromatic carbocycles. The number of benzene rings is 2. The molecule has 6 nitrogen and oxygen atoms in total. The summed E-state index contributed by atoms with van der Waals surface area (Å²) >= 11 is 0. The van der Waals surface area contributed by atoms with Crippen LogP contribution in [0.5, 0.6) is 0 Å². The third-order valence-electron chi connectivity index (χ3n) is 3.46. The number of nitrogens with zero attached hydrogens (tertiary/aromatic N) is 1. The van der Waals surface area contributed by atoms with Crippen molar-refractivity contribution in [2.75, 3.05) is 11.9 Å². The lowest BCUT2D eigenvalue weighted by Gasteiger charge is -2.16. The van der Waals surface area contributed by atoms with Crippen molar-refractivity contribution in [2.24, 2.45) is 0 Å². The number of hydrogen-bond donors (Lipinski definition) is 2. The van der Waals surface area contributed by atoms with Gasteiger partial charge in [-0.2, -0.15) is 0 Å². The average molecular weight is 283 g/mol. The van der Waals surface area contributed by atoms with E-state index in [9.17, 15) is 14.9 Å². The first kappa shape index (κ1) is 13.1. The molecule has 0 aliphatic carbocycles. The van der Waals surface area contributed by atoms with Gasteiger partial charge in [-0.25, -0.2) is 0 Å². The zero-order valence-electron chi connectivity index (χ0n) is 11.1. The molecule has 1 atom stereocenters. The molecule has 0 radical (unpaired) electrons. The first-order valence-corrected chi connectivity index (χ1v) is 6.53. The van der Waals surface area contributed by atoms with E-state index < -0.39 is 4.92 Å². The number of rotatable bonds is 2. The van der Waals surface area contributed by atoms with Crippen LogP contribution in [-0.4, -0.2) is 17.4 Å². The number of hydrogen-bond acceptors (Lipinski definition) is 4. The van der Waals surface area contributed by atoms with Crippen molar-refractivity contribution in [1.82, 2.24) is 5.32 Å². The molecule has 2 N–H and O–H groups in total. The summed E-state index contributed by atoms with van der Waals surface area (Å²) < 4.78 is 0. The highest BCUT2D eigenvalue weighted by Gasteiger charge is 2.23. The molecular weight excluding hydrogens is 270 g/mol. The van der Waals surface area contributed by atoms with Crippen LogP contribution < -0.4 is 10.6 Å². The first-order chi connectivity index (χ1) is 10.1. The molecule has 21 heavy (non-hydrogen) atoms. The van der Waals surface area contributed by atoms with Crippen molar-refractivity contribution in [3.63, 3.8) is 0 Å². The smallest absolute Gasteiger partial charge is 0.271 e. The average Bonchev–Trinajstić information content (AvgIpc) is 2.67. The van der Waals surface area contributed by atoms with E-state index in [1.54, 1.807) is 0 Å². The van der Waals surface area contributed by atoms with Crippen molar-refractivity contribution >= 4 is 17.3 Å². The molecule has 0 aromatic heterocycles. The van der Waals surface area contributed by atoms with Crippen molar-refractivity contribution in [3.8, 4) is 0 Å². The van der Waals surface area contributed by atoms with E-state index in [4.69, 9.17) is 0 Å². The third-order valence-corrected chi connectivity index (χ3v) is 3.46. The van der Waals surface area contributed by atoms with E-state index in [0.717, 1.165) is 5.56 Å². The second-order valence-corrected chi connectivity index (χ2v) is 4.80. The van der Waals surface area contributed by atoms with Gasteiger partial charge in [-0.1, -0.05) is 30.3 Å². The van der Waals surface area contributed by atoms with Gasteiger partial charge in [0, 0.05) is 18.7 Å². The Balaban J connectivity index is 1.92. The predicted molar refractivity (Wildman–Crippen MR) is 78.2 cm³/mol. The molecule has 0 fully saturated rings. The molecule has 0 bridgehead atoms. The topological polar surface area (TPSA) is 84.3 Å². The maximum atomic E-state index is 12.2. The van der Waals surface area contributed by atoms with Crippen LogP contribution >= 0.6 is 0 Å². The number of carbonyl (C=O) groups excluding carboxylic acids is 1. The summed E-state index contributed by atoms with van der Waals surface area (Å²) in [5, 5.41) is 16.9. The Labute approximate surface area is 120 Å². The largest absolute Gasteiger partial charge is 0.382 e. The van der Waals surface area contributed by atoms with Gasteiger partial charge in [-0.05, 0) is 11.6 Å². The molecule has 0 saturated heterocycles. The van der Waals surface area contributed by atoms with Gasteiger partial charge in [0.05, 0.1) is 22.2 Å². The highest BCUT2D eigenvalue weighted by atomic mass is 16.6. The fourth-order valence-electron chi connectivity index (χ4n) is 2.38. The second-order valence-electron chi connectivity index (χ2n) is 4.80. The molecule has 1 aliphatic rings. The summed E-state index contributed by atoms with van der Waals surface area (Å²) in [6.07, 6.45) is 0. The Kier molecular flexibility index (Phi) is 3.27. The number of non-ortho nitro benzene ring substituents is 1. The minimum atomic E-state index is -0.473. The predicted octanol–water partition coefficient (Wildman–Crippen LogP) is 2.49. The second kappa shape index (κ2) is 5.24. The fraction of sp³-hybridized carbons (Fsp3) is 0.133. The number of nitro groups is 1. The van der Waals surface area contributed by atoms with E-state index >= 15 is 0 Å². The first-order valence-electron chi connectivity index (χ1n) is 6.53. The van der Waals surface area contributed by atoms with Crippen LogP contribution in [0.2, 0.25) is 0 Å². The maximum absolute atomic E-state index is 12.2. The molecule has 1 amide bonds. The molecule has 6 heteroatoms. The number of amides is 1. The van der Waals surface area contributed by atoms with Crippen LogP contribution in [0.1, 0.15) is 22.0 Å². The minimum absolute atomic E-state index is 0.0350. The molecule has 1 aliphatic heterocycles. The SMILES string of the molecule is O=C1NC(c2ccccc2)CNc2cc([N+](=O)[O-])ccc21. The Hall–Kier alpha value is -2.89. The molecule has 0 saturated carbocycles. The van der Waals surface area contributed by atoms with Crippen molar-refractivity contribution in [3.05, 3.63) is 69.8 Å². The van der Waals surface area contributed by atoms with E-state index in [1.807, 2.05) is 30.3 Å². The van der Waals surface area contributed by atoms with E-state index in [-0.39, 0.29) is 17.6 Å². The maximum Gasteiger partial charge on any atom is 0.271 e. The highest BCUT2D eigenvalue weighted by molar-refractivity contribution is 6.01. The lowest BCUT2D eigenvalue weighted by Crippen LogP contribution is -2.29. The van der Waals surface area contributed by atoms with Crippen molar-refractivity contribution in [2.45, 2.75) is 6.04 Å². The van der Waals surface area contributed by atoms with Crippen LogP contribution in [0.4, 0.5) is 11.4 Å². The Bertz CT molecular complexity index is 701. The Morgan fingerprint density at radius 2 is 1.90 bits per heavy atom. The van der Waals surface area contributed by atoms with Gasteiger partial charge in [-0.3, -0.25) is 14.9 Å². The third kappa shape index (κ3) is 2.55. The minimum Gasteiger partial charge on any atom is -0.382 e. The molecule has 1 unspecified atom stereocenters.